The Morgan fingerprint density at radius 1 is 1.27 bits per heavy atom. The number of nitrogens with zero attached hydrogens (tertiary/aromatic N) is 2. The SMILES string of the molecule is O=C(O)N1CCC2(CC1)CN(C1CCc3cc(Br)ccc31)C2. The van der Waals surface area contributed by atoms with Crippen molar-refractivity contribution in [3.05, 3.63) is 33.8 Å². The Hall–Kier alpha value is -1.07. The molecule has 5 heteroatoms. The predicted octanol–water partition coefficient (Wildman–Crippen LogP) is 3.51. The fraction of sp³-hybridized carbons (Fsp3) is 0.588. The minimum atomic E-state index is -0.763. The second-order valence-electron chi connectivity index (χ2n) is 7.07. The van der Waals surface area contributed by atoms with E-state index in [1.54, 1.807) is 4.90 Å². The van der Waals surface area contributed by atoms with E-state index in [1.165, 1.54) is 28.4 Å². The Morgan fingerprint density at radius 2 is 2.00 bits per heavy atom. The van der Waals surface area contributed by atoms with E-state index in [0.29, 0.717) is 24.5 Å². The second kappa shape index (κ2) is 5.24. The number of carboxylic acid groups (broad SMARTS) is 1. The van der Waals surface area contributed by atoms with Crippen molar-refractivity contribution in [2.75, 3.05) is 26.2 Å². The monoisotopic (exact) mass is 364 g/mol. The number of likely N-dealkylation sites (tertiary alicyclic amines) is 2. The lowest BCUT2D eigenvalue weighted by Gasteiger charge is -2.56. The van der Waals surface area contributed by atoms with Crippen molar-refractivity contribution >= 4 is 22.0 Å². The summed E-state index contributed by atoms with van der Waals surface area (Å²) in [6, 6.07) is 7.26. The van der Waals surface area contributed by atoms with Gasteiger partial charge >= 0.3 is 6.09 Å². The van der Waals surface area contributed by atoms with Crippen LogP contribution in [0.3, 0.4) is 0 Å². The van der Waals surface area contributed by atoms with E-state index >= 15 is 0 Å². The fourth-order valence-electron chi connectivity index (χ4n) is 4.47. The van der Waals surface area contributed by atoms with E-state index in [2.05, 4.69) is 39.0 Å². The van der Waals surface area contributed by atoms with Gasteiger partial charge in [-0.2, -0.15) is 0 Å². The molecule has 4 nitrogen and oxygen atoms in total. The largest absolute Gasteiger partial charge is 0.465 e. The maximum Gasteiger partial charge on any atom is 0.407 e. The zero-order valence-corrected chi connectivity index (χ0v) is 14.2. The first kappa shape index (κ1) is 14.5. The molecule has 1 unspecified atom stereocenters. The molecule has 0 radical (unpaired) electrons. The molecule has 1 atom stereocenters. The van der Waals surface area contributed by atoms with Crippen LogP contribution < -0.4 is 0 Å². The van der Waals surface area contributed by atoms with Crippen LogP contribution in [0.25, 0.3) is 0 Å². The average Bonchev–Trinajstić information content (AvgIpc) is 2.87. The highest BCUT2D eigenvalue weighted by molar-refractivity contribution is 9.10. The molecule has 118 valence electrons. The van der Waals surface area contributed by atoms with Gasteiger partial charge in [-0.25, -0.2) is 4.79 Å². The standard InChI is InChI=1S/C17H21BrN2O2/c18-13-2-3-14-12(9-13)1-4-15(14)20-10-17(11-20)5-7-19(8-6-17)16(21)22/h2-3,9,15H,1,4-8,10-11H2,(H,21,22). The van der Waals surface area contributed by atoms with Crippen molar-refractivity contribution in [2.45, 2.75) is 31.7 Å². The lowest BCUT2D eigenvalue weighted by Crippen LogP contribution is -2.61. The molecule has 1 spiro atoms. The minimum absolute atomic E-state index is 0.379. The summed E-state index contributed by atoms with van der Waals surface area (Å²) in [6.45, 7) is 3.69. The molecule has 1 aromatic rings. The number of piperidine rings is 1. The van der Waals surface area contributed by atoms with Crippen molar-refractivity contribution in [1.82, 2.24) is 9.80 Å². The molecule has 2 heterocycles. The van der Waals surface area contributed by atoms with Crippen LogP contribution in [-0.2, 0) is 6.42 Å². The van der Waals surface area contributed by atoms with Gasteiger partial charge in [-0.15, -0.1) is 0 Å². The summed E-state index contributed by atoms with van der Waals surface area (Å²) < 4.78 is 1.17. The number of hydrogen-bond acceptors (Lipinski definition) is 2. The van der Waals surface area contributed by atoms with Gasteiger partial charge in [0.15, 0.2) is 0 Å². The normalized spacial score (nSPS) is 26.8. The summed E-state index contributed by atoms with van der Waals surface area (Å²) >= 11 is 3.56. The molecule has 1 aromatic carbocycles. The molecule has 3 aliphatic rings. The topological polar surface area (TPSA) is 43.8 Å². The van der Waals surface area contributed by atoms with Crippen LogP contribution in [0, 0.1) is 5.41 Å². The number of halogens is 1. The first-order valence-electron chi connectivity index (χ1n) is 8.07. The molecule has 0 bridgehead atoms. The highest BCUT2D eigenvalue weighted by Gasteiger charge is 2.48. The molecule has 1 aliphatic carbocycles. The van der Waals surface area contributed by atoms with Gasteiger partial charge in [0.1, 0.15) is 0 Å². The van der Waals surface area contributed by atoms with Crippen molar-refractivity contribution in [3.63, 3.8) is 0 Å². The summed E-state index contributed by atoms with van der Waals surface area (Å²) in [5, 5.41) is 9.07. The van der Waals surface area contributed by atoms with Crippen LogP contribution in [0.1, 0.15) is 36.4 Å². The van der Waals surface area contributed by atoms with Crippen LogP contribution in [0.5, 0.6) is 0 Å². The number of aryl methyl sites for hydroxylation is 1. The van der Waals surface area contributed by atoms with Gasteiger partial charge in [0, 0.05) is 36.7 Å². The maximum atomic E-state index is 11.0. The molecule has 0 aromatic heterocycles. The first-order valence-corrected chi connectivity index (χ1v) is 8.86. The third-order valence-electron chi connectivity index (χ3n) is 5.76. The molecule has 1 N–H and O–H groups in total. The van der Waals surface area contributed by atoms with Gasteiger partial charge in [0.05, 0.1) is 0 Å². The Balaban J connectivity index is 1.40. The third-order valence-corrected chi connectivity index (χ3v) is 6.26. The van der Waals surface area contributed by atoms with E-state index in [0.717, 1.165) is 25.9 Å². The number of hydrogen-bond donors (Lipinski definition) is 1. The van der Waals surface area contributed by atoms with Crippen molar-refractivity contribution in [2.24, 2.45) is 5.41 Å². The summed E-state index contributed by atoms with van der Waals surface area (Å²) in [4.78, 5) is 15.2. The van der Waals surface area contributed by atoms with Gasteiger partial charge < -0.3 is 10.0 Å². The van der Waals surface area contributed by atoms with Crippen LogP contribution >= 0.6 is 15.9 Å². The van der Waals surface area contributed by atoms with E-state index in [9.17, 15) is 4.79 Å². The summed E-state index contributed by atoms with van der Waals surface area (Å²) in [6.07, 6.45) is 3.69. The highest BCUT2D eigenvalue weighted by Crippen LogP contribution is 2.47. The van der Waals surface area contributed by atoms with Crippen molar-refractivity contribution in [1.29, 1.82) is 0 Å². The van der Waals surface area contributed by atoms with Gasteiger partial charge in [-0.3, -0.25) is 4.90 Å². The number of amides is 1. The second-order valence-corrected chi connectivity index (χ2v) is 7.99. The van der Waals surface area contributed by atoms with E-state index in [1.807, 2.05) is 0 Å². The molecule has 22 heavy (non-hydrogen) atoms. The lowest BCUT2D eigenvalue weighted by molar-refractivity contribution is -0.0664. The summed E-state index contributed by atoms with van der Waals surface area (Å²) in [7, 11) is 0. The molecule has 4 rings (SSSR count). The molecular weight excluding hydrogens is 344 g/mol. The molecule has 2 saturated heterocycles. The van der Waals surface area contributed by atoms with Crippen LogP contribution in [-0.4, -0.2) is 47.2 Å². The molecule has 0 saturated carbocycles. The van der Waals surface area contributed by atoms with Gasteiger partial charge in [-0.1, -0.05) is 22.0 Å². The van der Waals surface area contributed by atoms with E-state index in [4.69, 9.17) is 5.11 Å². The van der Waals surface area contributed by atoms with Crippen molar-refractivity contribution in [3.8, 4) is 0 Å². The fourth-order valence-corrected chi connectivity index (χ4v) is 4.88. The molecule has 2 aliphatic heterocycles. The van der Waals surface area contributed by atoms with Gasteiger partial charge in [0.25, 0.3) is 0 Å². The van der Waals surface area contributed by atoms with Crippen LogP contribution in [0.15, 0.2) is 22.7 Å². The van der Waals surface area contributed by atoms with Crippen molar-refractivity contribution < 1.29 is 9.90 Å². The zero-order valence-electron chi connectivity index (χ0n) is 12.6. The Bertz CT molecular complexity index is 603. The van der Waals surface area contributed by atoms with Gasteiger partial charge in [0.2, 0.25) is 0 Å². The number of fused-ring (bicyclic) bond motifs is 1. The maximum absolute atomic E-state index is 11.0. The highest BCUT2D eigenvalue weighted by atomic mass is 79.9. The lowest BCUT2D eigenvalue weighted by atomic mass is 9.71. The zero-order chi connectivity index (χ0) is 15.3. The Kier molecular flexibility index (Phi) is 3.46. The Morgan fingerprint density at radius 3 is 2.68 bits per heavy atom. The van der Waals surface area contributed by atoms with Gasteiger partial charge in [-0.05, 0) is 54.4 Å². The average molecular weight is 365 g/mol. The van der Waals surface area contributed by atoms with Crippen LogP contribution in [0.4, 0.5) is 4.79 Å². The number of carbonyl (C=O) groups is 1. The molecular formula is C17H21BrN2O2. The quantitative estimate of drug-likeness (QED) is 0.828. The summed E-state index contributed by atoms with van der Waals surface area (Å²) in [5.41, 5.74) is 3.37. The smallest absolute Gasteiger partial charge is 0.407 e. The number of rotatable bonds is 1. The predicted molar refractivity (Wildman–Crippen MR) is 88.0 cm³/mol. The molecule has 1 amide bonds. The number of benzene rings is 1. The third kappa shape index (κ3) is 2.35. The van der Waals surface area contributed by atoms with E-state index in [-0.39, 0.29) is 0 Å². The first-order chi connectivity index (χ1) is 10.6. The minimum Gasteiger partial charge on any atom is -0.465 e. The Labute approximate surface area is 139 Å². The van der Waals surface area contributed by atoms with E-state index < -0.39 is 6.09 Å². The molecule has 2 fully saturated rings. The van der Waals surface area contributed by atoms with Crippen LogP contribution in [0.2, 0.25) is 0 Å². The summed E-state index contributed by atoms with van der Waals surface area (Å²) in [5.74, 6) is 0.